The van der Waals surface area contributed by atoms with Gasteiger partial charge < -0.3 is 22.8 Å². The highest BCUT2D eigenvalue weighted by atomic mass is 28.4. The summed E-state index contributed by atoms with van der Waals surface area (Å²) in [4.78, 5) is 0. The van der Waals surface area contributed by atoms with Gasteiger partial charge in [-0.05, 0) is 77.0 Å². The van der Waals surface area contributed by atoms with E-state index in [2.05, 4.69) is 20.8 Å². The van der Waals surface area contributed by atoms with Crippen LogP contribution in [-0.4, -0.2) is 53.0 Å². The Balaban J connectivity index is 1.51. The summed E-state index contributed by atoms with van der Waals surface area (Å²) in [6.07, 6.45) is 9.62. The minimum atomic E-state index is -2.62. The second kappa shape index (κ2) is 8.17. The lowest BCUT2D eigenvalue weighted by molar-refractivity contribution is 0.0537. The smallest absolute Gasteiger partial charge is 0.374 e. The lowest BCUT2D eigenvalue weighted by Crippen LogP contribution is -2.49. The van der Waals surface area contributed by atoms with Gasteiger partial charge in [0, 0.05) is 25.9 Å². The molecule has 2 saturated carbocycles. The molecule has 4 fully saturated rings. The number of epoxide rings is 2. The predicted molar refractivity (Wildman–Crippen MR) is 101 cm³/mol. The molecule has 26 heavy (non-hydrogen) atoms. The van der Waals surface area contributed by atoms with Gasteiger partial charge in [-0.25, -0.2) is 0 Å². The molecule has 0 aromatic carbocycles. The number of rotatable bonds is 10. The third kappa shape index (κ3) is 4.20. The molecule has 0 bridgehead atoms. The first kappa shape index (κ1) is 19.3. The van der Waals surface area contributed by atoms with Gasteiger partial charge in [0.05, 0.1) is 24.4 Å². The van der Waals surface area contributed by atoms with Crippen LogP contribution in [0.1, 0.15) is 59.3 Å². The maximum absolute atomic E-state index is 6.23. The largest absolute Gasteiger partial charge is 0.501 e. The quantitative estimate of drug-likeness (QED) is 0.424. The van der Waals surface area contributed by atoms with Crippen LogP contribution < -0.4 is 0 Å². The highest BCUT2D eigenvalue weighted by Gasteiger charge is 2.53. The Bertz CT molecular complexity index is 430. The van der Waals surface area contributed by atoms with Gasteiger partial charge in [0.2, 0.25) is 0 Å². The van der Waals surface area contributed by atoms with Crippen LogP contribution in [0.15, 0.2) is 0 Å². The second-order valence-electron chi connectivity index (χ2n) is 8.42. The van der Waals surface area contributed by atoms with Gasteiger partial charge in [-0.15, -0.1) is 0 Å². The molecule has 0 amide bonds. The molecule has 150 valence electrons. The van der Waals surface area contributed by atoms with Gasteiger partial charge in [0.1, 0.15) is 0 Å². The van der Waals surface area contributed by atoms with E-state index in [4.69, 9.17) is 22.8 Å². The van der Waals surface area contributed by atoms with Crippen LogP contribution in [0.5, 0.6) is 0 Å². The fourth-order valence-electron chi connectivity index (χ4n) is 5.62. The third-order valence-electron chi connectivity index (χ3n) is 6.88. The summed E-state index contributed by atoms with van der Waals surface area (Å²) in [5, 5.41) is 0. The van der Waals surface area contributed by atoms with Crippen LogP contribution in [0.4, 0.5) is 0 Å². The molecule has 5 nitrogen and oxygen atoms in total. The highest BCUT2D eigenvalue weighted by Crippen LogP contribution is 2.51. The fourth-order valence-corrected chi connectivity index (χ4v) is 8.78. The van der Waals surface area contributed by atoms with E-state index in [1.54, 1.807) is 0 Å². The van der Waals surface area contributed by atoms with E-state index >= 15 is 0 Å². The van der Waals surface area contributed by atoms with Crippen LogP contribution >= 0.6 is 0 Å². The van der Waals surface area contributed by atoms with Crippen molar-refractivity contribution in [3.63, 3.8) is 0 Å². The standard InChI is InChI=1S/C20H36O5Si/c1-4-21-26(22-5-2,23-6-3)13-16(14-7-9-17-19(11-14)24-17)15-8-10-18-20(12-15)25-18/h14-20H,4-13H2,1-3H3. The van der Waals surface area contributed by atoms with E-state index in [0.717, 1.165) is 6.04 Å². The minimum absolute atomic E-state index is 0.520. The zero-order valence-corrected chi connectivity index (χ0v) is 17.7. The molecule has 2 aliphatic carbocycles. The number of ether oxygens (including phenoxy) is 2. The molecular formula is C20H36O5Si. The van der Waals surface area contributed by atoms with E-state index in [9.17, 15) is 0 Å². The van der Waals surface area contributed by atoms with E-state index < -0.39 is 8.80 Å². The normalized spacial score (nSPS) is 39.8. The predicted octanol–water partition coefficient (Wildman–Crippen LogP) is 3.79. The van der Waals surface area contributed by atoms with E-state index in [-0.39, 0.29) is 0 Å². The van der Waals surface area contributed by atoms with Crippen LogP contribution in [0, 0.1) is 17.8 Å². The van der Waals surface area contributed by atoms with Crippen molar-refractivity contribution >= 4 is 8.80 Å². The van der Waals surface area contributed by atoms with Gasteiger partial charge in [0.25, 0.3) is 0 Å². The minimum Gasteiger partial charge on any atom is -0.374 e. The first-order chi connectivity index (χ1) is 12.7. The Morgan fingerprint density at radius 1 is 0.731 bits per heavy atom. The molecule has 2 aliphatic heterocycles. The van der Waals surface area contributed by atoms with Gasteiger partial charge in [0.15, 0.2) is 0 Å². The van der Waals surface area contributed by atoms with Crippen LogP contribution in [-0.2, 0) is 22.8 Å². The molecule has 6 atom stereocenters. The molecule has 2 heterocycles. The maximum atomic E-state index is 6.23. The van der Waals surface area contributed by atoms with Gasteiger partial charge in [-0.1, -0.05) is 0 Å². The lowest BCUT2D eigenvalue weighted by atomic mass is 9.70. The summed E-state index contributed by atoms with van der Waals surface area (Å²) in [5.41, 5.74) is 0. The van der Waals surface area contributed by atoms with Crippen molar-refractivity contribution < 1.29 is 22.8 Å². The Morgan fingerprint density at radius 2 is 1.19 bits per heavy atom. The van der Waals surface area contributed by atoms with E-state index in [1.165, 1.54) is 38.5 Å². The summed E-state index contributed by atoms with van der Waals surface area (Å²) < 4.78 is 30.4. The molecule has 4 aliphatic rings. The summed E-state index contributed by atoms with van der Waals surface area (Å²) in [7, 11) is -2.62. The number of hydrogen-bond acceptors (Lipinski definition) is 5. The van der Waals surface area contributed by atoms with Crippen molar-refractivity contribution in [3.8, 4) is 0 Å². The summed E-state index contributed by atoms with van der Waals surface area (Å²) >= 11 is 0. The molecule has 0 aromatic heterocycles. The first-order valence-electron chi connectivity index (χ1n) is 10.9. The number of fused-ring (bicyclic) bond motifs is 2. The van der Waals surface area contributed by atoms with Gasteiger partial charge in [-0.2, -0.15) is 0 Å². The number of hydrogen-bond donors (Lipinski definition) is 0. The van der Waals surface area contributed by atoms with E-state index in [0.29, 0.717) is 62.0 Å². The molecule has 0 radical (unpaired) electrons. The average Bonchev–Trinajstić information content (AvgIpc) is 3.53. The fraction of sp³-hybridized carbons (Fsp3) is 1.00. The van der Waals surface area contributed by atoms with Crippen molar-refractivity contribution in [1.29, 1.82) is 0 Å². The molecule has 0 aromatic rings. The monoisotopic (exact) mass is 384 g/mol. The molecule has 6 unspecified atom stereocenters. The summed E-state index contributed by atoms with van der Waals surface area (Å²) in [6, 6.07) is 0.965. The zero-order valence-electron chi connectivity index (χ0n) is 16.7. The summed E-state index contributed by atoms with van der Waals surface area (Å²) in [5.74, 6) is 2.04. The van der Waals surface area contributed by atoms with Crippen molar-refractivity contribution in [2.75, 3.05) is 19.8 Å². The Labute approximate surface area is 159 Å². The first-order valence-corrected chi connectivity index (χ1v) is 12.8. The van der Waals surface area contributed by atoms with Crippen molar-refractivity contribution in [1.82, 2.24) is 0 Å². The van der Waals surface area contributed by atoms with Crippen molar-refractivity contribution in [2.45, 2.75) is 89.8 Å². The molecule has 4 rings (SSSR count). The van der Waals surface area contributed by atoms with Gasteiger partial charge in [-0.3, -0.25) is 0 Å². The molecular weight excluding hydrogens is 348 g/mol. The molecule has 6 heteroatoms. The zero-order chi connectivity index (χ0) is 18.1. The summed E-state index contributed by atoms with van der Waals surface area (Å²) in [6.45, 7) is 8.16. The molecule has 2 saturated heterocycles. The van der Waals surface area contributed by atoms with Crippen LogP contribution in [0.2, 0.25) is 6.04 Å². The van der Waals surface area contributed by atoms with Crippen molar-refractivity contribution in [2.24, 2.45) is 17.8 Å². The maximum Gasteiger partial charge on any atom is 0.501 e. The Hall–Kier alpha value is 0.0169. The Morgan fingerprint density at radius 3 is 1.58 bits per heavy atom. The SMILES string of the molecule is CCO[Si](CC(C1CCC2OC2C1)C1CCC2OC2C1)(OCC)OCC. The average molecular weight is 385 g/mol. The van der Waals surface area contributed by atoms with Crippen LogP contribution in [0.3, 0.4) is 0 Å². The molecule has 0 N–H and O–H groups in total. The second-order valence-corrected chi connectivity index (χ2v) is 11.1. The highest BCUT2D eigenvalue weighted by molar-refractivity contribution is 6.60. The van der Waals surface area contributed by atoms with Crippen molar-refractivity contribution in [3.05, 3.63) is 0 Å². The molecule has 0 spiro atoms. The van der Waals surface area contributed by atoms with E-state index in [1.807, 2.05) is 0 Å². The van der Waals surface area contributed by atoms with Gasteiger partial charge >= 0.3 is 8.80 Å². The third-order valence-corrected chi connectivity index (χ3v) is 10.0. The Kier molecular flexibility index (Phi) is 6.08. The lowest BCUT2D eigenvalue weighted by Gasteiger charge is -2.40. The topological polar surface area (TPSA) is 52.8 Å². The van der Waals surface area contributed by atoms with Crippen LogP contribution in [0.25, 0.3) is 0 Å².